The van der Waals surface area contributed by atoms with Gasteiger partial charge in [0.2, 0.25) is 0 Å². The van der Waals surface area contributed by atoms with E-state index in [1.54, 1.807) is 13.8 Å². The van der Waals surface area contributed by atoms with Gasteiger partial charge < -0.3 is 15.3 Å². The molecule has 0 aromatic rings. The molecule has 0 saturated carbocycles. The van der Waals surface area contributed by atoms with Crippen LogP contribution >= 0.6 is 25.3 Å². The van der Waals surface area contributed by atoms with Crippen molar-refractivity contribution in [2.24, 2.45) is 5.41 Å². The third-order valence-corrected chi connectivity index (χ3v) is 1.37. The van der Waals surface area contributed by atoms with Gasteiger partial charge in [-0.2, -0.15) is 0 Å². The van der Waals surface area contributed by atoms with E-state index >= 15 is 0 Å². The second-order valence-electron chi connectivity index (χ2n) is 3.32. The van der Waals surface area contributed by atoms with E-state index in [9.17, 15) is 4.79 Å². The van der Waals surface area contributed by atoms with Crippen LogP contribution in [-0.4, -0.2) is 34.5 Å². The van der Waals surface area contributed by atoms with Crippen LogP contribution in [0.25, 0.3) is 0 Å². The highest BCUT2D eigenvalue weighted by molar-refractivity contribution is 8.05. The summed E-state index contributed by atoms with van der Waals surface area (Å²) in [6, 6.07) is 0. The minimum Gasteiger partial charge on any atom is -0.478 e. The standard InChI is InChI=1S/C5H12O2.C3H4O2S2/c1-5(2,3-6)4-7;4-2(5)1-3(6)7/h6-7H,3-4H2,1-2H3;1,6-7H,(H,4,5). The van der Waals surface area contributed by atoms with Gasteiger partial charge in [-0.3, -0.25) is 0 Å². The van der Waals surface area contributed by atoms with Crippen LogP contribution in [0.3, 0.4) is 0 Å². The minimum absolute atomic E-state index is 0.0451. The van der Waals surface area contributed by atoms with Gasteiger partial charge in [0.25, 0.3) is 0 Å². The Morgan fingerprint density at radius 2 is 1.64 bits per heavy atom. The summed E-state index contributed by atoms with van der Waals surface area (Å²) >= 11 is 7.16. The van der Waals surface area contributed by atoms with Crippen LogP contribution in [-0.2, 0) is 4.79 Å². The lowest BCUT2D eigenvalue weighted by Crippen LogP contribution is -2.20. The molecule has 0 aliphatic heterocycles. The molecule has 0 saturated heterocycles. The van der Waals surface area contributed by atoms with Gasteiger partial charge in [0.05, 0.1) is 13.2 Å². The van der Waals surface area contributed by atoms with Crippen molar-refractivity contribution < 1.29 is 20.1 Å². The third kappa shape index (κ3) is 14.4. The number of aliphatic hydroxyl groups is 2. The van der Waals surface area contributed by atoms with E-state index in [0.29, 0.717) is 0 Å². The number of aliphatic hydroxyl groups excluding tert-OH is 2. The topological polar surface area (TPSA) is 77.8 Å². The smallest absolute Gasteiger partial charge is 0.329 e. The summed E-state index contributed by atoms with van der Waals surface area (Å²) < 4.78 is 0.201. The molecule has 0 bridgehead atoms. The molecule has 0 radical (unpaired) electrons. The van der Waals surface area contributed by atoms with Crippen molar-refractivity contribution in [3.8, 4) is 0 Å². The zero-order valence-corrected chi connectivity index (χ0v) is 9.92. The highest BCUT2D eigenvalue weighted by Gasteiger charge is 2.13. The van der Waals surface area contributed by atoms with Crippen LogP contribution in [0.1, 0.15) is 13.8 Å². The summed E-state index contributed by atoms with van der Waals surface area (Å²) in [5.41, 5.74) is -0.306. The molecular formula is C8H16O4S2. The summed E-state index contributed by atoms with van der Waals surface area (Å²) in [6.45, 7) is 3.69. The molecule has 0 heterocycles. The van der Waals surface area contributed by atoms with Gasteiger partial charge in [0.1, 0.15) is 0 Å². The largest absolute Gasteiger partial charge is 0.478 e. The molecule has 14 heavy (non-hydrogen) atoms. The number of hydrogen-bond donors (Lipinski definition) is 5. The molecular weight excluding hydrogens is 224 g/mol. The average Bonchev–Trinajstić information content (AvgIpc) is 2.03. The first-order valence-corrected chi connectivity index (χ1v) is 4.69. The van der Waals surface area contributed by atoms with Crippen molar-refractivity contribution in [1.29, 1.82) is 0 Å². The molecule has 3 N–H and O–H groups in total. The summed E-state index contributed by atoms with van der Waals surface area (Å²) in [4.78, 5) is 9.64. The number of hydrogen-bond acceptors (Lipinski definition) is 5. The van der Waals surface area contributed by atoms with E-state index in [-0.39, 0.29) is 22.9 Å². The molecule has 0 aliphatic carbocycles. The van der Waals surface area contributed by atoms with Crippen molar-refractivity contribution >= 4 is 31.2 Å². The van der Waals surface area contributed by atoms with Crippen LogP contribution in [0.5, 0.6) is 0 Å². The van der Waals surface area contributed by atoms with Gasteiger partial charge in [-0.25, -0.2) is 4.79 Å². The lowest BCUT2D eigenvalue weighted by atomic mass is 9.97. The maximum Gasteiger partial charge on any atom is 0.329 e. The zero-order chi connectivity index (χ0) is 11.8. The number of carboxylic acids is 1. The number of rotatable bonds is 3. The average molecular weight is 240 g/mol. The van der Waals surface area contributed by atoms with Gasteiger partial charge in [-0.05, 0) is 0 Å². The van der Waals surface area contributed by atoms with E-state index in [1.807, 2.05) is 0 Å². The predicted molar refractivity (Wildman–Crippen MR) is 61.6 cm³/mol. The van der Waals surface area contributed by atoms with E-state index < -0.39 is 5.97 Å². The van der Waals surface area contributed by atoms with Gasteiger partial charge in [-0.15, -0.1) is 25.3 Å². The Morgan fingerprint density at radius 3 is 1.64 bits per heavy atom. The molecule has 0 aromatic carbocycles. The second kappa shape index (κ2) is 8.16. The fourth-order valence-corrected chi connectivity index (χ4v) is 0.381. The number of thiol groups is 2. The molecule has 0 unspecified atom stereocenters. The fourth-order valence-electron chi connectivity index (χ4n) is 0.160. The summed E-state index contributed by atoms with van der Waals surface area (Å²) in [5, 5.41) is 24.8. The van der Waals surface area contributed by atoms with Crippen molar-refractivity contribution in [1.82, 2.24) is 0 Å². The third-order valence-electron chi connectivity index (χ3n) is 1.11. The highest BCUT2D eigenvalue weighted by Crippen LogP contribution is 2.10. The first-order valence-electron chi connectivity index (χ1n) is 3.79. The first kappa shape index (κ1) is 16.3. The maximum absolute atomic E-state index is 9.64. The first-order chi connectivity index (χ1) is 6.25. The van der Waals surface area contributed by atoms with Crippen molar-refractivity contribution in [3.63, 3.8) is 0 Å². The Hall–Kier alpha value is -0.170. The fraction of sp³-hybridized carbons (Fsp3) is 0.625. The van der Waals surface area contributed by atoms with E-state index in [1.165, 1.54) is 0 Å². The SMILES string of the molecule is CC(C)(CO)CO.O=C(O)C=C(S)S. The molecule has 0 amide bonds. The van der Waals surface area contributed by atoms with Crippen LogP contribution in [0, 0.1) is 5.41 Å². The second-order valence-corrected chi connectivity index (χ2v) is 4.64. The van der Waals surface area contributed by atoms with Crippen LogP contribution in [0.4, 0.5) is 0 Å². The van der Waals surface area contributed by atoms with Gasteiger partial charge in [0.15, 0.2) is 0 Å². The number of carbonyl (C=O) groups is 1. The highest BCUT2D eigenvalue weighted by atomic mass is 32.2. The zero-order valence-electron chi connectivity index (χ0n) is 8.14. The Bertz CT molecular complexity index is 192. The monoisotopic (exact) mass is 240 g/mol. The lowest BCUT2D eigenvalue weighted by Gasteiger charge is -2.16. The molecule has 0 aromatic heterocycles. The van der Waals surface area contributed by atoms with Crippen molar-refractivity contribution in [2.45, 2.75) is 13.8 Å². The normalized spacial score (nSPS) is 9.86. The minimum atomic E-state index is -1.03. The lowest BCUT2D eigenvalue weighted by molar-refractivity contribution is -0.131. The summed E-state index contributed by atoms with van der Waals surface area (Å²) in [7, 11) is 0. The molecule has 0 atom stereocenters. The molecule has 4 nitrogen and oxygen atoms in total. The van der Waals surface area contributed by atoms with Crippen LogP contribution in [0.15, 0.2) is 10.3 Å². The van der Waals surface area contributed by atoms with Gasteiger partial charge in [0, 0.05) is 15.7 Å². The van der Waals surface area contributed by atoms with Crippen LogP contribution in [0.2, 0.25) is 0 Å². The summed E-state index contributed by atoms with van der Waals surface area (Å²) in [5.74, 6) is -1.03. The Balaban J connectivity index is 0. The molecule has 84 valence electrons. The van der Waals surface area contributed by atoms with Crippen molar-refractivity contribution in [2.75, 3.05) is 13.2 Å². The molecule has 6 heteroatoms. The Labute approximate surface area is 94.5 Å². The molecule has 0 fully saturated rings. The Kier molecular flexibility index (Phi) is 9.49. The van der Waals surface area contributed by atoms with Gasteiger partial charge in [-0.1, -0.05) is 13.8 Å². The van der Waals surface area contributed by atoms with Gasteiger partial charge >= 0.3 is 5.97 Å². The maximum atomic E-state index is 9.64. The molecule has 0 spiro atoms. The van der Waals surface area contributed by atoms with E-state index in [0.717, 1.165) is 6.08 Å². The summed E-state index contributed by atoms with van der Waals surface area (Å²) in [6.07, 6.45) is 0.895. The molecule has 0 rings (SSSR count). The number of aliphatic carboxylic acids is 1. The van der Waals surface area contributed by atoms with E-state index in [4.69, 9.17) is 15.3 Å². The molecule has 0 aliphatic rings. The Morgan fingerprint density at radius 1 is 1.29 bits per heavy atom. The predicted octanol–water partition coefficient (Wildman–Crippen LogP) is 0.769. The quantitative estimate of drug-likeness (QED) is 0.373. The van der Waals surface area contributed by atoms with E-state index in [2.05, 4.69) is 25.3 Å². The van der Waals surface area contributed by atoms with Crippen molar-refractivity contribution in [3.05, 3.63) is 10.3 Å². The van der Waals surface area contributed by atoms with Crippen LogP contribution < -0.4 is 0 Å². The number of carboxylic acid groups (broad SMARTS) is 1.